The van der Waals surface area contributed by atoms with Gasteiger partial charge in [0.25, 0.3) is 11.8 Å². The second kappa shape index (κ2) is 11.7. The molecule has 0 spiro atoms. The number of carbonyl (C=O) groups excluding carboxylic acids is 3. The van der Waals surface area contributed by atoms with Crippen molar-refractivity contribution in [2.75, 3.05) is 4.90 Å². The largest absolute Gasteiger partial charge is 0.405 e. The van der Waals surface area contributed by atoms with Gasteiger partial charge in [0.1, 0.15) is 18.2 Å². The fourth-order valence-corrected chi connectivity index (χ4v) is 6.37. The molecule has 2 aliphatic rings. The summed E-state index contributed by atoms with van der Waals surface area (Å²) in [5, 5.41) is 5.39. The first kappa shape index (κ1) is 31.6. The van der Waals surface area contributed by atoms with Gasteiger partial charge < -0.3 is 15.1 Å². The Morgan fingerprint density at radius 2 is 1.86 bits per heavy atom. The number of alkyl halides is 2. The average molecular weight is 617 g/mol. The van der Waals surface area contributed by atoms with E-state index < -0.39 is 69.0 Å². The van der Waals surface area contributed by atoms with Gasteiger partial charge in [-0.1, -0.05) is 62.7 Å². The zero-order valence-electron chi connectivity index (χ0n) is 24.2. The summed E-state index contributed by atoms with van der Waals surface area (Å²) in [6.45, 7) is 17.6. The Morgan fingerprint density at radius 3 is 2.45 bits per heavy atom. The average Bonchev–Trinajstić information content (AvgIpc) is 3.25. The SMILES string of the molecule is [C-]#[N+]c1cccc(N(C(=O)[C@@H]2C[C@@H](O[Si](C)(C)C(C)(C)C)C(=O)N2)C(C(=O)NC2CC(F)(F)C2)c2ccccc2Cl)c1. The molecule has 0 radical (unpaired) electrons. The number of anilines is 1. The summed E-state index contributed by atoms with van der Waals surface area (Å²) in [6.07, 6.45) is -1.85. The first-order valence-electron chi connectivity index (χ1n) is 13.7. The van der Waals surface area contributed by atoms with Crippen molar-refractivity contribution in [3.63, 3.8) is 0 Å². The lowest BCUT2D eigenvalue weighted by Gasteiger charge is -2.39. The van der Waals surface area contributed by atoms with Gasteiger partial charge in [-0.2, -0.15) is 0 Å². The third-order valence-electron chi connectivity index (χ3n) is 8.22. The Labute approximate surface area is 250 Å². The van der Waals surface area contributed by atoms with Crippen molar-refractivity contribution < 1.29 is 27.6 Å². The summed E-state index contributed by atoms with van der Waals surface area (Å²) >= 11 is 6.54. The predicted octanol–water partition coefficient (Wildman–Crippen LogP) is 6.16. The summed E-state index contributed by atoms with van der Waals surface area (Å²) < 4.78 is 33.6. The lowest BCUT2D eigenvalue weighted by Crippen LogP contribution is -2.55. The van der Waals surface area contributed by atoms with E-state index in [4.69, 9.17) is 22.6 Å². The maximum Gasteiger partial charge on any atom is 0.252 e. The first-order valence-corrected chi connectivity index (χ1v) is 17.0. The second-order valence-electron chi connectivity index (χ2n) is 12.4. The molecule has 0 bridgehead atoms. The fourth-order valence-electron chi connectivity index (χ4n) is 4.86. The Bertz CT molecular complexity index is 1420. The van der Waals surface area contributed by atoms with Crippen LogP contribution in [0.4, 0.5) is 20.2 Å². The molecule has 3 atom stereocenters. The molecule has 224 valence electrons. The molecule has 1 aliphatic carbocycles. The molecule has 1 saturated carbocycles. The van der Waals surface area contributed by atoms with Gasteiger partial charge in [-0.05, 0) is 36.3 Å². The molecule has 1 heterocycles. The van der Waals surface area contributed by atoms with Gasteiger partial charge in [0.2, 0.25) is 11.8 Å². The minimum absolute atomic E-state index is 0.0366. The Balaban J connectivity index is 1.74. The molecule has 4 rings (SSSR count). The highest BCUT2D eigenvalue weighted by Gasteiger charge is 2.49. The predicted molar refractivity (Wildman–Crippen MR) is 159 cm³/mol. The summed E-state index contributed by atoms with van der Waals surface area (Å²) in [5.41, 5.74) is 0.704. The number of hydrogen-bond acceptors (Lipinski definition) is 4. The van der Waals surface area contributed by atoms with Gasteiger partial charge in [0.05, 0.1) is 6.57 Å². The molecule has 42 heavy (non-hydrogen) atoms. The number of halogens is 3. The number of hydrogen-bond donors (Lipinski definition) is 2. The maximum atomic E-state index is 14.3. The third kappa shape index (κ3) is 6.66. The van der Waals surface area contributed by atoms with Crippen molar-refractivity contribution >= 4 is 49.0 Å². The van der Waals surface area contributed by atoms with E-state index in [2.05, 4.69) is 15.5 Å². The quantitative estimate of drug-likeness (QED) is 0.275. The number of nitrogens with zero attached hydrogens (tertiary/aromatic N) is 2. The number of amides is 3. The van der Waals surface area contributed by atoms with Crippen LogP contribution in [0.1, 0.15) is 51.6 Å². The van der Waals surface area contributed by atoms with E-state index in [-0.39, 0.29) is 33.4 Å². The van der Waals surface area contributed by atoms with Crippen LogP contribution in [-0.4, -0.2) is 50.1 Å². The second-order valence-corrected chi connectivity index (χ2v) is 17.6. The number of rotatable bonds is 8. The van der Waals surface area contributed by atoms with E-state index in [1.54, 1.807) is 42.5 Å². The van der Waals surface area contributed by atoms with Gasteiger partial charge in [-0.3, -0.25) is 19.3 Å². The van der Waals surface area contributed by atoms with E-state index in [1.807, 2.05) is 33.9 Å². The van der Waals surface area contributed by atoms with Gasteiger partial charge >= 0.3 is 0 Å². The van der Waals surface area contributed by atoms with Gasteiger partial charge in [0, 0.05) is 41.6 Å². The summed E-state index contributed by atoms with van der Waals surface area (Å²) in [4.78, 5) is 45.9. The van der Waals surface area contributed by atoms with Crippen molar-refractivity contribution in [1.29, 1.82) is 0 Å². The number of benzene rings is 2. The topological polar surface area (TPSA) is 92.1 Å². The highest BCUT2D eigenvalue weighted by Crippen LogP contribution is 2.41. The molecule has 2 aromatic carbocycles. The number of nitrogens with one attached hydrogen (secondary N) is 2. The minimum atomic E-state index is -2.87. The van der Waals surface area contributed by atoms with Gasteiger partial charge in [-0.15, -0.1) is 0 Å². The van der Waals surface area contributed by atoms with Crippen LogP contribution >= 0.6 is 11.6 Å². The monoisotopic (exact) mass is 616 g/mol. The lowest BCUT2D eigenvalue weighted by molar-refractivity contribution is -0.133. The minimum Gasteiger partial charge on any atom is -0.405 e. The molecule has 1 aliphatic heterocycles. The van der Waals surface area contributed by atoms with E-state index in [1.165, 1.54) is 11.0 Å². The van der Waals surface area contributed by atoms with E-state index in [0.717, 1.165) is 0 Å². The van der Waals surface area contributed by atoms with Crippen molar-refractivity contribution in [2.24, 2.45) is 0 Å². The Hall–Kier alpha value is -3.33. The van der Waals surface area contributed by atoms with Crippen LogP contribution in [0.25, 0.3) is 4.85 Å². The van der Waals surface area contributed by atoms with Crippen LogP contribution in [0.2, 0.25) is 23.2 Å². The third-order valence-corrected chi connectivity index (χ3v) is 13.0. The van der Waals surface area contributed by atoms with Crippen LogP contribution in [0.3, 0.4) is 0 Å². The zero-order chi connectivity index (χ0) is 31.0. The lowest BCUT2D eigenvalue weighted by atomic mass is 9.87. The van der Waals surface area contributed by atoms with Crippen LogP contribution in [-0.2, 0) is 18.8 Å². The van der Waals surface area contributed by atoms with Crippen LogP contribution in [0.15, 0.2) is 48.5 Å². The first-order chi connectivity index (χ1) is 19.5. The summed E-state index contributed by atoms with van der Waals surface area (Å²) in [5.74, 6) is -4.62. The molecule has 8 nitrogen and oxygen atoms in total. The van der Waals surface area contributed by atoms with Crippen LogP contribution in [0.5, 0.6) is 0 Å². The molecule has 1 unspecified atom stereocenters. The highest BCUT2D eigenvalue weighted by molar-refractivity contribution is 6.74. The molecular formula is C30H35ClF2N4O4Si. The fraction of sp³-hybridized carbons (Fsp3) is 0.467. The molecule has 2 fully saturated rings. The van der Waals surface area contributed by atoms with Crippen molar-refractivity contribution in [3.8, 4) is 0 Å². The molecule has 12 heteroatoms. The Kier molecular flexibility index (Phi) is 8.84. The summed E-state index contributed by atoms with van der Waals surface area (Å²) in [6, 6.07) is 9.42. The van der Waals surface area contributed by atoms with Crippen LogP contribution in [0, 0.1) is 6.57 Å². The van der Waals surface area contributed by atoms with Crippen molar-refractivity contribution in [2.45, 2.75) is 88.3 Å². The van der Waals surface area contributed by atoms with Crippen molar-refractivity contribution in [3.05, 3.63) is 70.5 Å². The van der Waals surface area contributed by atoms with Gasteiger partial charge in [-0.25, -0.2) is 13.6 Å². The maximum absolute atomic E-state index is 14.3. The molecular weight excluding hydrogens is 582 g/mol. The Morgan fingerprint density at radius 1 is 1.19 bits per heavy atom. The zero-order valence-corrected chi connectivity index (χ0v) is 26.0. The standard InChI is InChI=1S/C30H35ClF2N4O4Si/c1-29(2,3)42(5,6)41-24-15-23(36-26(24)38)28(40)37(20-11-9-10-18(14-20)34-4)25(21-12-7-8-13-22(21)31)27(39)35-19-16-30(32,33)17-19/h7-14,19,23-25H,15-17H2,1-3,5-6H3,(H,35,39)(H,36,38)/t23-,24+,25?/m0/s1. The van der Waals surface area contributed by atoms with E-state index in [9.17, 15) is 23.2 Å². The normalized spacial score (nSPS) is 21.1. The van der Waals surface area contributed by atoms with Crippen molar-refractivity contribution in [1.82, 2.24) is 10.6 Å². The van der Waals surface area contributed by atoms with Crippen LogP contribution < -0.4 is 15.5 Å². The number of carbonyl (C=O) groups is 3. The molecule has 1 saturated heterocycles. The van der Waals surface area contributed by atoms with E-state index in [0.29, 0.717) is 0 Å². The van der Waals surface area contributed by atoms with E-state index >= 15 is 0 Å². The van der Waals surface area contributed by atoms with Gasteiger partial charge in [0.15, 0.2) is 14.0 Å². The highest BCUT2D eigenvalue weighted by atomic mass is 35.5. The summed E-state index contributed by atoms with van der Waals surface area (Å²) in [7, 11) is -2.37. The molecule has 3 amide bonds. The molecule has 2 N–H and O–H groups in total. The molecule has 2 aromatic rings. The smallest absolute Gasteiger partial charge is 0.252 e. The molecule has 0 aromatic heterocycles.